The van der Waals surface area contributed by atoms with Crippen molar-refractivity contribution in [3.63, 3.8) is 0 Å². The van der Waals surface area contributed by atoms with Gasteiger partial charge < -0.3 is 14.6 Å². The lowest BCUT2D eigenvalue weighted by Crippen LogP contribution is -2.23. The first-order valence-electron chi connectivity index (χ1n) is 6.64. The maximum atomic E-state index is 11.8. The molecule has 1 rings (SSSR count). The minimum Gasteiger partial charge on any atom is -0.508 e. The van der Waals surface area contributed by atoms with Gasteiger partial charge in [0.1, 0.15) is 11.9 Å². The van der Waals surface area contributed by atoms with Crippen molar-refractivity contribution < 1.29 is 19.4 Å². The highest BCUT2D eigenvalue weighted by Gasteiger charge is 2.13. The van der Waals surface area contributed by atoms with Gasteiger partial charge in [0.25, 0.3) is 0 Å². The average Bonchev–Trinajstić information content (AvgIpc) is 2.37. The molecule has 0 aliphatic carbocycles. The van der Waals surface area contributed by atoms with Gasteiger partial charge in [-0.25, -0.2) is 4.79 Å². The van der Waals surface area contributed by atoms with Gasteiger partial charge in [0, 0.05) is 0 Å². The third-order valence-corrected chi connectivity index (χ3v) is 2.72. The van der Waals surface area contributed by atoms with Gasteiger partial charge in [-0.05, 0) is 44.5 Å². The van der Waals surface area contributed by atoms with E-state index in [0.29, 0.717) is 12.2 Å². The summed E-state index contributed by atoms with van der Waals surface area (Å²) in [5, 5.41) is 9.14. The number of phenolic OH excluding ortho intramolecular Hbond substituents is 1. The number of hydrogen-bond acceptors (Lipinski definition) is 4. The Morgan fingerprint density at radius 2 is 1.84 bits per heavy atom. The molecule has 0 aromatic heterocycles. The van der Waals surface area contributed by atoms with Crippen LogP contribution in [0.4, 0.5) is 0 Å². The van der Waals surface area contributed by atoms with E-state index in [1.165, 1.54) is 24.3 Å². The summed E-state index contributed by atoms with van der Waals surface area (Å²) in [5.74, 6) is -0.277. The second-order valence-corrected chi connectivity index (χ2v) is 4.70. The lowest BCUT2D eigenvalue weighted by Gasteiger charge is -2.17. The smallest absolute Gasteiger partial charge is 0.338 e. The van der Waals surface area contributed by atoms with Gasteiger partial charge >= 0.3 is 5.97 Å². The Labute approximate surface area is 114 Å². The Balaban J connectivity index is 2.37. The number of esters is 1. The van der Waals surface area contributed by atoms with Crippen LogP contribution in [0.5, 0.6) is 5.75 Å². The molecular formula is C15H22O4. The highest BCUT2D eigenvalue weighted by Crippen LogP contribution is 2.11. The maximum absolute atomic E-state index is 11.8. The molecule has 0 unspecified atom stereocenters. The van der Waals surface area contributed by atoms with Crippen molar-refractivity contribution in [3.05, 3.63) is 29.8 Å². The lowest BCUT2D eigenvalue weighted by molar-refractivity contribution is -0.0199. The molecular weight excluding hydrogens is 244 g/mol. The molecule has 0 heterocycles. The summed E-state index contributed by atoms with van der Waals surface area (Å²) in [7, 11) is 0. The molecule has 4 heteroatoms. The number of benzene rings is 1. The zero-order valence-electron chi connectivity index (χ0n) is 11.8. The fraction of sp³-hybridized carbons (Fsp3) is 0.533. The fourth-order valence-corrected chi connectivity index (χ4v) is 1.67. The monoisotopic (exact) mass is 266 g/mol. The number of hydrogen-bond donors (Lipinski definition) is 1. The quantitative estimate of drug-likeness (QED) is 0.770. The summed E-state index contributed by atoms with van der Waals surface area (Å²) in [4.78, 5) is 11.8. The first-order valence-corrected chi connectivity index (χ1v) is 6.64. The van der Waals surface area contributed by atoms with Crippen molar-refractivity contribution in [1.29, 1.82) is 0 Å². The molecule has 1 aromatic rings. The Morgan fingerprint density at radius 3 is 2.42 bits per heavy atom. The molecule has 0 spiro atoms. The van der Waals surface area contributed by atoms with Crippen LogP contribution in [0.25, 0.3) is 0 Å². The van der Waals surface area contributed by atoms with Gasteiger partial charge in [-0.3, -0.25) is 0 Å². The summed E-state index contributed by atoms with van der Waals surface area (Å²) in [6, 6.07) is 5.98. The lowest BCUT2D eigenvalue weighted by atomic mass is 10.2. The molecule has 0 fully saturated rings. The average molecular weight is 266 g/mol. The van der Waals surface area contributed by atoms with E-state index in [2.05, 4.69) is 6.92 Å². The van der Waals surface area contributed by atoms with Crippen molar-refractivity contribution in [2.45, 2.75) is 45.8 Å². The molecule has 0 aliphatic heterocycles. The van der Waals surface area contributed by atoms with Crippen LogP contribution in [0.2, 0.25) is 0 Å². The van der Waals surface area contributed by atoms with Crippen LogP contribution in [0.15, 0.2) is 24.3 Å². The summed E-state index contributed by atoms with van der Waals surface area (Å²) >= 11 is 0. The van der Waals surface area contributed by atoms with Crippen molar-refractivity contribution >= 4 is 5.97 Å². The van der Waals surface area contributed by atoms with Gasteiger partial charge in [0.15, 0.2) is 0 Å². The molecule has 0 bridgehead atoms. The van der Waals surface area contributed by atoms with Crippen molar-refractivity contribution in [3.8, 4) is 5.75 Å². The van der Waals surface area contributed by atoms with Crippen molar-refractivity contribution in [2.75, 3.05) is 6.61 Å². The van der Waals surface area contributed by atoms with Crippen LogP contribution in [0.1, 0.15) is 44.0 Å². The van der Waals surface area contributed by atoms with E-state index in [0.717, 1.165) is 12.8 Å². The predicted molar refractivity (Wildman–Crippen MR) is 73.3 cm³/mol. The van der Waals surface area contributed by atoms with E-state index in [1.807, 2.05) is 6.92 Å². The molecule has 4 nitrogen and oxygen atoms in total. The number of carbonyl (C=O) groups is 1. The van der Waals surface area contributed by atoms with Crippen LogP contribution in [0, 0.1) is 0 Å². The zero-order chi connectivity index (χ0) is 14.3. The molecule has 0 radical (unpaired) electrons. The van der Waals surface area contributed by atoms with Gasteiger partial charge in [-0.2, -0.15) is 0 Å². The minimum atomic E-state index is -0.403. The third kappa shape index (κ3) is 5.75. The molecule has 0 aliphatic rings. The molecule has 19 heavy (non-hydrogen) atoms. The van der Waals surface area contributed by atoms with E-state index < -0.39 is 5.97 Å². The van der Waals surface area contributed by atoms with Crippen LogP contribution >= 0.6 is 0 Å². The molecule has 0 saturated carbocycles. The first kappa shape index (κ1) is 15.5. The Hall–Kier alpha value is -1.55. The van der Waals surface area contributed by atoms with Crippen LogP contribution in [-0.2, 0) is 9.47 Å². The van der Waals surface area contributed by atoms with E-state index in [9.17, 15) is 4.79 Å². The van der Waals surface area contributed by atoms with E-state index in [-0.39, 0.29) is 18.0 Å². The second kappa shape index (κ2) is 7.79. The first-order chi connectivity index (χ1) is 9.02. The largest absolute Gasteiger partial charge is 0.508 e. The Bertz CT molecular complexity index is 386. The number of carbonyl (C=O) groups excluding carboxylic acids is 1. The van der Waals surface area contributed by atoms with Gasteiger partial charge in [-0.1, -0.05) is 13.3 Å². The number of aromatic hydroxyl groups is 1. The molecule has 2 atom stereocenters. The van der Waals surface area contributed by atoms with Gasteiger partial charge in [0.05, 0.1) is 18.3 Å². The van der Waals surface area contributed by atoms with Gasteiger partial charge in [0.2, 0.25) is 0 Å². The minimum absolute atomic E-state index is 0.126. The Kier molecular flexibility index (Phi) is 6.36. The fourth-order valence-electron chi connectivity index (χ4n) is 1.67. The predicted octanol–water partition coefficient (Wildman–Crippen LogP) is 3.14. The standard InChI is InChI=1S/C15H22O4/c1-4-5-11(2)18-10-12(3)19-15(17)13-6-8-14(16)9-7-13/h6-9,11-12,16H,4-5,10H2,1-3H3/t11-,12-/m0/s1. The van der Waals surface area contributed by atoms with Crippen molar-refractivity contribution in [2.24, 2.45) is 0 Å². The Morgan fingerprint density at radius 1 is 1.21 bits per heavy atom. The molecule has 0 saturated heterocycles. The molecule has 106 valence electrons. The topological polar surface area (TPSA) is 55.8 Å². The normalized spacial score (nSPS) is 13.8. The maximum Gasteiger partial charge on any atom is 0.338 e. The second-order valence-electron chi connectivity index (χ2n) is 4.70. The molecule has 1 N–H and O–H groups in total. The number of ether oxygens (including phenoxy) is 2. The van der Waals surface area contributed by atoms with Crippen LogP contribution < -0.4 is 0 Å². The summed E-state index contributed by atoms with van der Waals surface area (Å²) < 4.78 is 10.8. The van der Waals surface area contributed by atoms with E-state index >= 15 is 0 Å². The highest BCUT2D eigenvalue weighted by atomic mass is 16.6. The SMILES string of the molecule is CCC[C@H](C)OC[C@H](C)OC(=O)c1ccc(O)cc1. The van der Waals surface area contributed by atoms with E-state index in [4.69, 9.17) is 14.6 Å². The number of phenols is 1. The molecule has 1 aromatic carbocycles. The zero-order valence-corrected chi connectivity index (χ0v) is 11.8. The van der Waals surface area contributed by atoms with E-state index in [1.54, 1.807) is 6.92 Å². The van der Waals surface area contributed by atoms with Gasteiger partial charge in [-0.15, -0.1) is 0 Å². The highest BCUT2D eigenvalue weighted by molar-refractivity contribution is 5.89. The van der Waals surface area contributed by atoms with Crippen LogP contribution in [0.3, 0.4) is 0 Å². The number of rotatable bonds is 7. The van der Waals surface area contributed by atoms with Crippen LogP contribution in [-0.4, -0.2) is 29.9 Å². The summed E-state index contributed by atoms with van der Waals surface area (Å²) in [5.41, 5.74) is 0.422. The van der Waals surface area contributed by atoms with Crippen molar-refractivity contribution in [1.82, 2.24) is 0 Å². The molecule has 0 amide bonds. The summed E-state index contributed by atoms with van der Waals surface area (Å²) in [6.45, 7) is 6.31. The third-order valence-electron chi connectivity index (χ3n) is 2.72. The summed E-state index contributed by atoms with van der Waals surface area (Å²) in [6.07, 6.45) is 1.96.